The van der Waals surface area contributed by atoms with Crippen LogP contribution >= 0.6 is 11.6 Å². The summed E-state index contributed by atoms with van der Waals surface area (Å²) in [5, 5.41) is 4.79. The maximum absolute atomic E-state index is 12.1. The van der Waals surface area contributed by atoms with Crippen LogP contribution in [0, 0.1) is 20.8 Å². The molecule has 0 saturated carbocycles. The number of carbonyl (C=O) groups is 2. The van der Waals surface area contributed by atoms with Gasteiger partial charge in [-0.3, -0.25) is 25.1 Å². The molecule has 1 atom stereocenters. The van der Waals surface area contributed by atoms with E-state index < -0.39 is 12.0 Å². The Bertz CT molecular complexity index is 788. The first-order valence-electron chi connectivity index (χ1n) is 7.79. The summed E-state index contributed by atoms with van der Waals surface area (Å²) in [6.45, 7) is 7.15. The predicted molar refractivity (Wildman–Crippen MR) is 94.3 cm³/mol. The van der Waals surface area contributed by atoms with E-state index in [9.17, 15) is 9.59 Å². The fourth-order valence-electron chi connectivity index (χ4n) is 2.23. The molecule has 0 aliphatic heterocycles. The molecule has 0 aliphatic carbocycles. The second-order valence-electron chi connectivity index (χ2n) is 5.79. The van der Waals surface area contributed by atoms with Crippen LogP contribution in [0.4, 0.5) is 0 Å². The Morgan fingerprint density at radius 1 is 1.24 bits per heavy atom. The summed E-state index contributed by atoms with van der Waals surface area (Å²) in [6, 6.07) is 7.00. The number of aromatic nitrogens is 2. The van der Waals surface area contributed by atoms with Crippen LogP contribution in [0.5, 0.6) is 5.75 Å². The molecule has 0 radical (unpaired) electrons. The first-order chi connectivity index (χ1) is 11.8. The molecule has 1 unspecified atom stereocenters. The van der Waals surface area contributed by atoms with Crippen LogP contribution in [0.3, 0.4) is 0 Å². The van der Waals surface area contributed by atoms with Crippen molar-refractivity contribution in [1.82, 2.24) is 20.6 Å². The van der Waals surface area contributed by atoms with Crippen LogP contribution in [-0.4, -0.2) is 27.7 Å². The minimum Gasteiger partial charge on any atom is -0.481 e. The number of hydrogen-bond donors (Lipinski definition) is 2. The lowest BCUT2D eigenvalue weighted by Crippen LogP contribution is -2.48. The quantitative estimate of drug-likeness (QED) is 0.795. The molecular formula is C17H21ClN4O3. The summed E-state index contributed by atoms with van der Waals surface area (Å²) in [4.78, 5) is 24.0. The minimum atomic E-state index is -0.783. The molecule has 0 fully saturated rings. The highest BCUT2D eigenvalue weighted by Gasteiger charge is 2.17. The van der Waals surface area contributed by atoms with Crippen LogP contribution in [0.15, 0.2) is 24.3 Å². The van der Waals surface area contributed by atoms with Gasteiger partial charge in [-0.2, -0.15) is 5.10 Å². The number of carbonyl (C=O) groups excluding carboxylic acids is 2. The molecule has 25 heavy (non-hydrogen) atoms. The van der Waals surface area contributed by atoms with Crippen molar-refractivity contribution < 1.29 is 14.3 Å². The van der Waals surface area contributed by atoms with Crippen molar-refractivity contribution in [2.45, 2.75) is 40.3 Å². The van der Waals surface area contributed by atoms with Crippen LogP contribution in [0.25, 0.3) is 0 Å². The molecule has 1 heterocycles. The minimum absolute atomic E-state index is 0.0193. The number of rotatable bonds is 5. The molecular weight excluding hydrogens is 344 g/mol. The Morgan fingerprint density at radius 2 is 1.96 bits per heavy atom. The summed E-state index contributed by atoms with van der Waals surface area (Å²) < 4.78 is 7.16. The van der Waals surface area contributed by atoms with E-state index in [1.54, 1.807) is 29.8 Å². The molecule has 8 heteroatoms. The fourth-order valence-corrected chi connectivity index (χ4v) is 2.46. The fraction of sp³-hybridized carbons (Fsp3) is 0.353. The van der Waals surface area contributed by atoms with Crippen molar-refractivity contribution in [2.24, 2.45) is 0 Å². The second kappa shape index (κ2) is 8.02. The van der Waals surface area contributed by atoms with Crippen molar-refractivity contribution in [3.8, 4) is 5.75 Å². The topological polar surface area (TPSA) is 85.2 Å². The number of benzene rings is 1. The van der Waals surface area contributed by atoms with Gasteiger partial charge in [0.1, 0.15) is 12.3 Å². The van der Waals surface area contributed by atoms with Crippen LogP contribution in [0.2, 0.25) is 5.02 Å². The van der Waals surface area contributed by atoms with Crippen LogP contribution < -0.4 is 15.6 Å². The first-order valence-corrected chi connectivity index (χ1v) is 8.16. The van der Waals surface area contributed by atoms with Crippen molar-refractivity contribution in [1.29, 1.82) is 0 Å². The largest absolute Gasteiger partial charge is 0.481 e. The molecule has 0 saturated heterocycles. The van der Waals surface area contributed by atoms with Gasteiger partial charge in [0.15, 0.2) is 6.10 Å². The highest BCUT2D eigenvalue weighted by Crippen LogP contribution is 2.22. The molecule has 134 valence electrons. The zero-order valence-electron chi connectivity index (χ0n) is 14.6. The number of amides is 2. The van der Waals surface area contributed by atoms with Gasteiger partial charge in [-0.05, 0) is 57.5 Å². The third-order valence-corrected chi connectivity index (χ3v) is 3.77. The third-order valence-electron chi connectivity index (χ3n) is 3.53. The van der Waals surface area contributed by atoms with E-state index in [0.717, 1.165) is 17.0 Å². The van der Waals surface area contributed by atoms with Gasteiger partial charge in [0.05, 0.1) is 5.69 Å². The Labute approximate surface area is 151 Å². The van der Waals surface area contributed by atoms with Crippen molar-refractivity contribution in [3.05, 3.63) is 46.2 Å². The predicted octanol–water partition coefficient (Wildman–Crippen LogP) is 2.08. The third kappa shape index (κ3) is 5.22. The molecule has 7 nitrogen and oxygen atoms in total. The maximum Gasteiger partial charge on any atom is 0.279 e. The number of nitrogens with one attached hydrogen (secondary N) is 2. The second-order valence-corrected chi connectivity index (χ2v) is 6.23. The van der Waals surface area contributed by atoms with E-state index in [0.29, 0.717) is 10.8 Å². The van der Waals surface area contributed by atoms with Crippen molar-refractivity contribution >= 4 is 23.4 Å². The summed E-state index contributed by atoms with van der Waals surface area (Å²) in [6.07, 6.45) is -0.783. The molecule has 2 aromatic rings. The Morgan fingerprint density at radius 3 is 2.56 bits per heavy atom. The molecule has 2 rings (SSSR count). The lowest BCUT2D eigenvalue weighted by atomic mass is 10.2. The number of halogens is 1. The van der Waals surface area contributed by atoms with E-state index in [1.807, 2.05) is 26.8 Å². The number of nitrogens with zero attached hydrogens (tertiary/aromatic N) is 2. The summed E-state index contributed by atoms with van der Waals surface area (Å²) in [5.74, 6) is -0.286. The molecule has 1 aromatic heterocycles. The van der Waals surface area contributed by atoms with Gasteiger partial charge >= 0.3 is 0 Å². The van der Waals surface area contributed by atoms with Crippen LogP contribution in [0.1, 0.15) is 23.9 Å². The van der Waals surface area contributed by atoms with E-state index in [2.05, 4.69) is 16.0 Å². The maximum atomic E-state index is 12.1. The smallest absolute Gasteiger partial charge is 0.279 e. The van der Waals surface area contributed by atoms with E-state index in [4.69, 9.17) is 16.3 Å². The zero-order chi connectivity index (χ0) is 18.6. The molecule has 2 amide bonds. The van der Waals surface area contributed by atoms with Gasteiger partial charge < -0.3 is 4.74 Å². The summed E-state index contributed by atoms with van der Waals surface area (Å²) >= 11 is 5.89. The number of hydrogen-bond acceptors (Lipinski definition) is 4. The van der Waals surface area contributed by atoms with Crippen molar-refractivity contribution in [2.75, 3.05) is 0 Å². The highest BCUT2D eigenvalue weighted by atomic mass is 35.5. The lowest BCUT2D eigenvalue weighted by Gasteiger charge is -2.16. The molecule has 1 aromatic carbocycles. The van der Waals surface area contributed by atoms with Gasteiger partial charge in [0.2, 0.25) is 0 Å². The van der Waals surface area contributed by atoms with Gasteiger partial charge in [-0.25, -0.2) is 0 Å². The zero-order valence-corrected chi connectivity index (χ0v) is 15.3. The highest BCUT2D eigenvalue weighted by molar-refractivity contribution is 6.30. The van der Waals surface area contributed by atoms with Crippen molar-refractivity contribution in [3.63, 3.8) is 0 Å². The molecule has 0 spiro atoms. The summed E-state index contributed by atoms with van der Waals surface area (Å²) in [7, 11) is 0. The summed E-state index contributed by atoms with van der Waals surface area (Å²) in [5.41, 5.74) is 7.22. The van der Waals surface area contributed by atoms with Gasteiger partial charge in [-0.1, -0.05) is 11.6 Å². The van der Waals surface area contributed by atoms with E-state index in [-0.39, 0.29) is 12.5 Å². The number of aryl methyl sites for hydroxylation is 3. The van der Waals surface area contributed by atoms with Gasteiger partial charge in [-0.15, -0.1) is 0 Å². The average molecular weight is 365 g/mol. The first kappa shape index (κ1) is 18.8. The molecule has 0 bridgehead atoms. The van der Waals surface area contributed by atoms with E-state index in [1.165, 1.54) is 0 Å². The Hall–Kier alpha value is -2.54. The Balaban J connectivity index is 1.84. The molecule has 2 N–H and O–H groups in total. The number of ether oxygens (including phenoxy) is 1. The average Bonchev–Trinajstić information content (AvgIpc) is 2.85. The van der Waals surface area contributed by atoms with Gasteiger partial charge in [0.25, 0.3) is 11.8 Å². The van der Waals surface area contributed by atoms with Crippen LogP contribution in [-0.2, 0) is 16.1 Å². The van der Waals surface area contributed by atoms with Gasteiger partial charge in [0, 0.05) is 10.7 Å². The molecule has 0 aliphatic rings. The SMILES string of the molecule is Cc1cc(C)n(CC(=O)NNC(=O)C(C)Oc2ccc(Cl)cc2C)n1. The Kier molecular flexibility index (Phi) is 6.03. The lowest BCUT2D eigenvalue weighted by molar-refractivity contribution is -0.133. The number of hydrazine groups is 1. The normalized spacial score (nSPS) is 11.7. The van der Waals surface area contributed by atoms with E-state index >= 15 is 0 Å². The monoisotopic (exact) mass is 364 g/mol. The standard InChI is InChI=1S/C17H21ClN4O3/c1-10-7-14(18)5-6-15(10)25-13(4)17(24)20-19-16(23)9-22-12(3)8-11(2)21-22/h5-8,13H,9H2,1-4H3,(H,19,23)(H,20,24).